The summed E-state index contributed by atoms with van der Waals surface area (Å²) in [7, 11) is 1.57. The van der Waals surface area contributed by atoms with Gasteiger partial charge in [0, 0.05) is 13.1 Å². The molecule has 1 aromatic rings. The first-order valence-electron chi connectivity index (χ1n) is 7.86. The van der Waals surface area contributed by atoms with Gasteiger partial charge in [-0.3, -0.25) is 19.3 Å². The molecular weight excluding hydrogens is 408 g/mol. The molecule has 6 nitrogen and oxygen atoms in total. The molecule has 2 saturated heterocycles. The van der Waals surface area contributed by atoms with Crippen molar-refractivity contribution in [3.8, 4) is 5.75 Å². The van der Waals surface area contributed by atoms with Gasteiger partial charge in [0.1, 0.15) is 12.3 Å². The number of carbonyl (C=O) groups excluding carboxylic acids is 3. The van der Waals surface area contributed by atoms with E-state index >= 15 is 0 Å². The number of methoxy groups -OCH3 is 1. The zero-order valence-electron chi connectivity index (χ0n) is 13.7. The van der Waals surface area contributed by atoms with Gasteiger partial charge in [-0.05, 0) is 64.3 Å². The predicted molar refractivity (Wildman–Crippen MR) is 99.2 cm³/mol. The summed E-state index contributed by atoms with van der Waals surface area (Å²) in [6.45, 7) is 1.21. The van der Waals surface area contributed by atoms with Crippen molar-refractivity contribution in [3.63, 3.8) is 0 Å². The van der Waals surface area contributed by atoms with E-state index in [1.54, 1.807) is 30.2 Å². The average Bonchev–Trinajstić information content (AvgIpc) is 3.20. The zero-order chi connectivity index (χ0) is 18.0. The minimum atomic E-state index is -0.422. The van der Waals surface area contributed by atoms with Crippen molar-refractivity contribution in [3.05, 3.63) is 33.1 Å². The Balaban J connectivity index is 1.74. The van der Waals surface area contributed by atoms with Gasteiger partial charge in [0.05, 0.1) is 16.5 Å². The van der Waals surface area contributed by atoms with Crippen molar-refractivity contribution >= 4 is 50.8 Å². The lowest BCUT2D eigenvalue weighted by Crippen LogP contribution is -2.40. The zero-order valence-corrected chi connectivity index (χ0v) is 16.1. The van der Waals surface area contributed by atoms with Crippen LogP contribution >= 0.6 is 27.7 Å². The smallest absolute Gasteiger partial charge is 0.294 e. The maximum absolute atomic E-state index is 12.5. The molecule has 0 radical (unpaired) electrons. The van der Waals surface area contributed by atoms with Gasteiger partial charge in [0.15, 0.2) is 0 Å². The van der Waals surface area contributed by atoms with E-state index in [0.717, 1.165) is 39.5 Å². The number of rotatable bonds is 4. The molecule has 3 rings (SSSR count). The molecule has 3 amide bonds. The summed E-state index contributed by atoms with van der Waals surface area (Å²) in [6, 6.07) is 5.38. The van der Waals surface area contributed by atoms with Crippen LogP contribution in [0.4, 0.5) is 4.79 Å². The number of hydrogen-bond acceptors (Lipinski definition) is 5. The number of ether oxygens (including phenoxy) is 1. The normalized spacial score (nSPS) is 19.2. The number of likely N-dealkylation sites (tertiary alicyclic amines) is 1. The Labute approximate surface area is 158 Å². The highest BCUT2D eigenvalue weighted by atomic mass is 79.9. The van der Waals surface area contributed by atoms with Crippen molar-refractivity contribution in [1.29, 1.82) is 0 Å². The molecule has 8 heteroatoms. The number of amides is 3. The SMILES string of the molecule is COc1ccc(/C=C2/SC(=O)N(CC(=O)N3CCCC3)C2=O)cc1Br. The number of nitrogens with zero attached hydrogens (tertiary/aromatic N) is 2. The predicted octanol–water partition coefficient (Wildman–Crippen LogP) is 3.12. The van der Waals surface area contributed by atoms with Crippen molar-refractivity contribution in [2.45, 2.75) is 12.8 Å². The van der Waals surface area contributed by atoms with Gasteiger partial charge in [-0.15, -0.1) is 0 Å². The summed E-state index contributed by atoms with van der Waals surface area (Å²) in [5.74, 6) is 0.0872. The molecule has 0 N–H and O–H groups in total. The fourth-order valence-corrected chi connectivity index (χ4v) is 4.16. The first-order chi connectivity index (χ1) is 12.0. The standard InChI is InChI=1S/C17H17BrN2O4S/c1-24-13-5-4-11(8-12(13)18)9-14-16(22)20(17(23)25-14)10-15(21)19-6-2-3-7-19/h4-5,8-9H,2-3,6-7,10H2,1H3/b14-9+. The number of hydrogen-bond donors (Lipinski definition) is 0. The lowest BCUT2D eigenvalue weighted by molar-refractivity contribution is -0.135. The van der Waals surface area contributed by atoms with E-state index in [-0.39, 0.29) is 12.5 Å². The Kier molecular flexibility index (Phi) is 5.48. The third kappa shape index (κ3) is 3.90. The molecule has 132 valence electrons. The topological polar surface area (TPSA) is 66.9 Å². The second-order valence-electron chi connectivity index (χ2n) is 5.75. The van der Waals surface area contributed by atoms with Gasteiger partial charge in [-0.1, -0.05) is 6.07 Å². The number of halogens is 1. The molecule has 0 saturated carbocycles. The van der Waals surface area contributed by atoms with Crippen LogP contribution in [-0.4, -0.2) is 53.6 Å². The van der Waals surface area contributed by atoms with E-state index in [1.807, 2.05) is 6.07 Å². The van der Waals surface area contributed by atoms with Gasteiger partial charge < -0.3 is 9.64 Å². The molecule has 25 heavy (non-hydrogen) atoms. The second-order valence-corrected chi connectivity index (χ2v) is 7.60. The summed E-state index contributed by atoms with van der Waals surface area (Å²) < 4.78 is 5.93. The molecule has 2 aliphatic rings. The van der Waals surface area contributed by atoms with Crippen LogP contribution in [0.5, 0.6) is 5.75 Å². The summed E-state index contributed by atoms with van der Waals surface area (Å²) in [5, 5.41) is -0.406. The van der Waals surface area contributed by atoms with Crippen LogP contribution in [0.2, 0.25) is 0 Å². The first-order valence-corrected chi connectivity index (χ1v) is 9.47. The highest BCUT2D eigenvalue weighted by Gasteiger charge is 2.37. The van der Waals surface area contributed by atoms with Crippen LogP contribution in [0.1, 0.15) is 18.4 Å². The molecule has 0 spiro atoms. The third-order valence-electron chi connectivity index (χ3n) is 4.10. The molecular formula is C17H17BrN2O4S. The quantitative estimate of drug-likeness (QED) is 0.694. The highest BCUT2D eigenvalue weighted by Crippen LogP contribution is 2.33. The van der Waals surface area contributed by atoms with Gasteiger partial charge in [0.2, 0.25) is 5.91 Å². The second kappa shape index (κ2) is 7.61. The van der Waals surface area contributed by atoms with Gasteiger partial charge in [-0.2, -0.15) is 0 Å². The van der Waals surface area contributed by atoms with Crippen molar-refractivity contribution in [1.82, 2.24) is 9.80 Å². The van der Waals surface area contributed by atoms with Crippen molar-refractivity contribution in [2.24, 2.45) is 0 Å². The summed E-state index contributed by atoms with van der Waals surface area (Å²) in [6.07, 6.45) is 3.59. The van der Waals surface area contributed by atoms with Crippen LogP contribution < -0.4 is 4.74 Å². The molecule has 0 aromatic heterocycles. The minimum absolute atomic E-state index is 0.173. The van der Waals surface area contributed by atoms with Gasteiger partial charge in [0.25, 0.3) is 11.1 Å². The monoisotopic (exact) mass is 424 g/mol. The van der Waals surface area contributed by atoms with Crippen LogP contribution in [0.25, 0.3) is 6.08 Å². The van der Waals surface area contributed by atoms with Gasteiger partial charge >= 0.3 is 0 Å². The summed E-state index contributed by atoms with van der Waals surface area (Å²) in [5.41, 5.74) is 0.768. The van der Waals surface area contributed by atoms with E-state index in [9.17, 15) is 14.4 Å². The fraction of sp³-hybridized carbons (Fsp3) is 0.353. The van der Waals surface area contributed by atoms with E-state index in [0.29, 0.717) is 23.7 Å². The minimum Gasteiger partial charge on any atom is -0.496 e. The van der Waals surface area contributed by atoms with Crippen molar-refractivity contribution in [2.75, 3.05) is 26.7 Å². The van der Waals surface area contributed by atoms with Crippen molar-refractivity contribution < 1.29 is 19.1 Å². The molecule has 0 bridgehead atoms. The molecule has 1 aromatic carbocycles. The fourth-order valence-electron chi connectivity index (χ4n) is 2.76. The molecule has 2 heterocycles. The van der Waals surface area contributed by atoms with Crippen LogP contribution in [-0.2, 0) is 9.59 Å². The lowest BCUT2D eigenvalue weighted by atomic mass is 10.2. The highest BCUT2D eigenvalue weighted by molar-refractivity contribution is 9.10. The Hall–Kier alpha value is -1.80. The Morgan fingerprint density at radius 3 is 2.68 bits per heavy atom. The number of benzene rings is 1. The number of carbonyl (C=O) groups is 3. The van der Waals surface area contributed by atoms with Crippen LogP contribution in [0.15, 0.2) is 27.6 Å². The Bertz CT molecular complexity index is 759. The van der Waals surface area contributed by atoms with E-state index in [2.05, 4.69) is 15.9 Å². The largest absolute Gasteiger partial charge is 0.496 e. The maximum Gasteiger partial charge on any atom is 0.294 e. The summed E-state index contributed by atoms with van der Waals surface area (Å²) in [4.78, 5) is 39.9. The molecule has 2 fully saturated rings. The Morgan fingerprint density at radius 1 is 1.32 bits per heavy atom. The average molecular weight is 425 g/mol. The van der Waals surface area contributed by atoms with Gasteiger partial charge in [-0.25, -0.2) is 0 Å². The third-order valence-corrected chi connectivity index (χ3v) is 5.63. The molecule has 2 aliphatic heterocycles. The first kappa shape index (κ1) is 18.0. The molecule has 0 atom stereocenters. The van der Waals surface area contributed by atoms with E-state index in [4.69, 9.17) is 4.74 Å². The van der Waals surface area contributed by atoms with E-state index < -0.39 is 11.1 Å². The lowest BCUT2D eigenvalue weighted by Gasteiger charge is -2.18. The number of thioether (sulfide) groups is 1. The maximum atomic E-state index is 12.5. The van der Waals surface area contributed by atoms with Crippen LogP contribution in [0.3, 0.4) is 0 Å². The molecule has 0 aliphatic carbocycles. The van der Waals surface area contributed by atoms with E-state index in [1.165, 1.54) is 0 Å². The number of imide groups is 1. The Morgan fingerprint density at radius 2 is 2.04 bits per heavy atom. The van der Waals surface area contributed by atoms with Crippen LogP contribution in [0, 0.1) is 0 Å². The molecule has 0 unspecified atom stereocenters. The summed E-state index contributed by atoms with van der Waals surface area (Å²) >= 11 is 4.25.